The summed E-state index contributed by atoms with van der Waals surface area (Å²) in [4.78, 5) is 0. The first-order valence-corrected chi connectivity index (χ1v) is 4.33. The van der Waals surface area contributed by atoms with Gasteiger partial charge in [-0.15, -0.1) is 0 Å². The second-order valence-electron chi connectivity index (χ2n) is 2.94. The number of fused-ring (bicyclic) bond motifs is 1. The van der Waals surface area contributed by atoms with Crippen molar-refractivity contribution in [2.45, 2.75) is 0 Å². The van der Waals surface area contributed by atoms with E-state index >= 15 is 0 Å². The second-order valence-corrected chi connectivity index (χ2v) is 2.94. The molecule has 3 heteroatoms. The van der Waals surface area contributed by atoms with Crippen LogP contribution in [0.15, 0.2) is 41.0 Å². The van der Waals surface area contributed by atoms with E-state index in [1.807, 2.05) is 30.3 Å². The lowest BCUT2D eigenvalue weighted by atomic mass is 10.0. The summed E-state index contributed by atoms with van der Waals surface area (Å²) in [6.07, 6.45) is 2.78. The minimum Gasteiger partial charge on any atom is -0.464 e. The third-order valence-electron chi connectivity index (χ3n) is 2.10. The maximum Gasteiger partial charge on any atom is 0.142 e. The van der Waals surface area contributed by atoms with Crippen molar-refractivity contribution in [1.29, 1.82) is 10.5 Å². The van der Waals surface area contributed by atoms with Crippen LogP contribution in [0.3, 0.4) is 0 Å². The van der Waals surface area contributed by atoms with Crippen molar-refractivity contribution in [3.05, 3.63) is 42.2 Å². The zero-order valence-electron chi connectivity index (χ0n) is 7.77. The number of hydrogen-bond donors (Lipinski definition) is 0. The fourth-order valence-electron chi connectivity index (χ4n) is 1.44. The molecule has 0 unspecified atom stereocenters. The number of para-hydroxylation sites is 1. The number of furan rings is 1. The van der Waals surface area contributed by atoms with Crippen LogP contribution >= 0.6 is 0 Å². The van der Waals surface area contributed by atoms with Gasteiger partial charge in [-0.1, -0.05) is 12.1 Å². The minimum absolute atomic E-state index is 0.318. The van der Waals surface area contributed by atoms with E-state index in [9.17, 15) is 0 Å². The highest BCUT2D eigenvalue weighted by Crippen LogP contribution is 2.25. The van der Waals surface area contributed by atoms with E-state index < -0.39 is 0 Å². The van der Waals surface area contributed by atoms with Crippen LogP contribution < -0.4 is 0 Å². The molecule has 0 aliphatic rings. The number of hydrogen-bond acceptors (Lipinski definition) is 3. The van der Waals surface area contributed by atoms with Crippen molar-refractivity contribution in [3.63, 3.8) is 0 Å². The molecule has 1 heterocycles. The van der Waals surface area contributed by atoms with Crippen LogP contribution in [0, 0.1) is 22.7 Å². The van der Waals surface area contributed by atoms with Crippen molar-refractivity contribution >= 4 is 16.5 Å². The average Bonchev–Trinajstić information content (AvgIpc) is 2.73. The van der Waals surface area contributed by atoms with E-state index in [4.69, 9.17) is 14.9 Å². The van der Waals surface area contributed by atoms with Crippen molar-refractivity contribution < 1.29 is 4.42 Å². The van der Waals surface area contributed by atoms with Crippen LogP contribution in [-0.2, 0) is 0 Å². The largest absolute Gasteiger partial charge is 0.464 e. The predicted molar refractivity (Wildman–Crippen MR) is 55.4 cm³/mol. The van der Waals surface area contributed by atoms with Gasteiger partial charge in [-0.25, -0.2) is 0 Å². The smallest absolute Gasteiger partial charge is 0.142 e. The van der Waals surface area contributed by atoms with E-state index in [0.717, 1.165) is 5.39 Å². The molecule has 2 rings (SSSR count). The van der Waals surface area contributed by atoms with Crippen molar-refractivity contribution in [1.82, 2.24) is 0 Å². The average molecular weight is 194 g/mol. The zero-order valence-corrected chi connectivity index (χ0v) is 7.77. The van der Waals surface area contributed by atoms with Gasteiger partial charge in [0.2, 0.25) is 0 Å². The highest BCUT2D eigenvalue weighted by molar-refractivity contribution is 5.94. The van der Waals surface area contributed by atoms with Gasteiger partial charge < -0.3 is 4.42 Å². The fraction of sp³-hybridized carbons (Fsp3) is 0. The number of nitriles is 2. The van der Waals surface area contributed by atoms with Crippen LogP contribution in [0.25, 0.3) is 16.5 Å². The molecule has 0 spiro atoms. The minimum atomic E-state index is 0.318. The molecule has 15 heavy (non-hydrogen) atoms. The zero-order chi connectivity index (χ0) is 10.7. The summed E-state index contributed by atoms with van der Waals surface area (Å²) in [6.45, 7) is 0. The van der Waals surface area contributed by atoms with E-state index in [-0.39, 0.29) is 0 Å². The molecule has 0 bridgehead atoms. The third kappa shape index (κ3) is 1.47. The third-order valence-corrected chi connectivity index (χ3v) is 2.10. The Kier molecular flexibility index (Phi) is 2.23. The van der Waals surface area contributed by atoms with Crippen molar-refractivity contribution in [3.8, 4) is 12.1 Å². The van der Waals surface area contributed by atoms with Crippen molar-refractivity contribution in [2.24, 2.45) is 0 Å². The van der Waals surface area contributed by atoms with Crippen LogP contribution in [-0.4, -0.2) is 0 Å². The fourth-order valence-corrected chi connectivity index (χ4v) is 1.44. The van der Waals surface area contributed by atoms with Gasteiger partial charge in [-0.05, 0) is 12.1 Å². The number of nitrogens with zero attached hydrogens (tertiary/aromatic N) is 2. The Morgan fingerprint density at radius 2 is 2.13 bits per heavy atom. The SMILES string of the molecule is N#CC=C(C#N)c1cccc2ccoc12. The molecular formula is C12H6N2O. The van der Waals surface area contributed by atoms with Crippen LogP contribution in [0.2, 0.25) is 0 Å². The van der Waals surface area contributed by atoms with Crippen LogP contribution in [0.5, 0.6) is 0 Å². The molecule has 0 amide bonds. The van der Waals surface area contributed by atoms with Crippen LogP contribution in [0.4, 0.5) is 0 Å². The number of allylic oxidation sites excluding steroid dienone is 2. The molecule has 70 valence electrons. The lowest BCUT2D eigenvalue weighted by Gasteiger charge is -1.97. The molecule has 0 saturated heterocycles. The maximum absolute atomic E-state index is 8.90. The topological polar surface area (TPSA) is 60.7 Å². The van der Waals surface area contributed by atoms with Gasteiger partial charge >= 0.3 is 0 Å². The molecule has 2 aromatic rings. The molecule has 1 aromatic carbocycles. The van der Waals surface area contributed by atoms with E-state index in [2.05, 4.69) is 0 Å². The van der Waals surface area contributed by atoms with E-state index in [0.29, 0.717) is 16.7 Å². The summed E-state index contributed by atoms with van der Waals surface area (Å²) >= 11 is 0. The summed E-state index contributed by atoms with van der Waals surface area (Å²) in [5.41, 5.74) is 1.61. The standard InChI is InChI=1S/C12H6N2O/c13-6-4-10(8-14)11-3-1-2-9-5-7-15-12(9)11/h1-5,7H. The van der Waals surface area contributed by atoms with Gasteiger partial charge in [-0.3, -0.25) is 0 Å². The summed E-state index contributed by atoms with van der Waals surface area (Å²) < 4.78 is 5.28. The molecule has 0 aliphatic heterocycles. The van der Waals surface area contributed by atoms with Crippen LogP contribution in [0.1, 0.15) is 5.56 Å². The Hall–Kier alpha value is -2.52. The first-order valence-electron chi connectivity index (χ1n) is 4.33. The molecule has 3 nitrogen and oxygen atoms in total. The van der Waals surface area contributed by atoms with Gasteiger partial charge in [0.25, 0.3) is 0 Å². The Morgan fingerprint density at radius 3 is 2.87 bits per heavy atom. The molecule has 0 radical (unpaired) electrons. The molecule has 0 N–H and O–H groups in total. The number of rotatable bonds is 1. The summed E-state index contributed by atoms with van der Waals surface area (Å²) in [7, 11) is 0. The Labute approximate surface area is 86.5 Å². The maximum atomic E-state index is 8.90. The first kappa shape index (κ1) is 9.05. The Bertz CT molecular complexity index is 608. The molecule has 0 aliphatic carbocycles. The Morgan fingerprint density at radius 1 is 1.27 bits per heavy atom. The predicted octanol–water partition coefficient (Wildman–Crippen LogP) is 2.86. The lowest BCUT2D eigenvalue weighted by Crippen LogP contribution is -1.81. The van der Waals surface area contributed by atoms with Gasteiger partial charge in [0.15, 0.2) is 0 Å². The second kappa shape index (κ2) is 3.69. The van der Waals surface area contributed by atoms with E-state index in [1.165, 1.54) is 6.08 Å². The van der Waals surface area contributed by atoms with Gasteiger partial charge in [0.05, 0.1) is 17.9 Å². The molecule has 0 saturated carbocycles. The molecule has 0 atom stereocenters. The van der Waals surface area contributed by atoms with Gasteiger partial charge in [0.1, 0.15) is 11.7 Å². The quantitative estimate of drug-likeness (QED) is 0.655. The summed E-state index contributed by atoms with van der Waals surface area (Å²) in [5, 5.41) is 18.4. The molecule has 1 aromatic heterocycles. The first-order chi connectivity index (χ1) is 7.36. The van der Waals surface area contributed by atoms with E-state index in [1.54, 1.807) is 12.3 Å². The normalized spacial score (nSPS) is 10.9. The Balaban J connectivity index is 2.72. The van der Waals surface area contributed by atoms with Gasteiger partial charge in [-0.2, -0.15) is 10.5 Å². The summed E-state index contributed by atoms with van der Waals surface area (Å²) in [5.74, 6) is 0. The van der Waals surface area contributed by atoms with Crippen molar-refractivity contribution in [2.75, 3.05) is 0 Å². The highest BCUT2D eigenvalue weighted by Gasteiger charge is 2.07. The highest BCUT2D eigenvalue weighted by atomic mass is 16.3. The lowest BCUT2D eigenvalue weighted by molar-refractivity contribution is 0.615. The van der Waals surface area contributed by atoms with Gasteiger partial charge in [0, 0.05) is 17.0 Å². The molecule has 0 fully saturated rings. The summed E-state index contributed by atoms with van der Waals surface area (Å²) in [6, 6.07) is 11.1. The molecular weight excluding hydrogens is 188 g/mol. The number of benzene rings is 1. The monoisotopic (exact) mass is 194 g/mol.